The summed E-state index contributed by atoms with van der Waals surface area (Å²) < 4.78 is 32.2. The zero-order valence-corrected chi connectivity index (χ0v) is 22.5. The molecule has 1 amide bonds. The van der Waals surface area contributed by atoms with Crippen LogP contribution in [0.5, 0.6) is 11.5 Å². The maximum atomic E-state index is 14.4. The number of benzene rings is 3. The van der Waals surface area contributed by atoms with Crippen LogP contribution in [0.2, 0.25) is 0 Å². The number of nitrogens with two attached hydrogens (primary N) is 1. The average molecular weight is 545 g/mol. The molecule has 1 aliphatic rings. The van der Waals surface area contributed by atoms with E-state index in [2.05, 4.69) is 4.90 Å². The van der Waals surface area contributed by atoms with E-state index in [1.807, 2.05) is 49.4 Å². The van der Waals surface area contributed by atoms with E-state index in [4.69, 9.17) is 19.6 Å². The zero-order chi connectivity index (χ0) is 28.1. The summed E-state index contributed by atoms with van der Waals surface area (Å²) in [5.74, 6) is -0.182. The molecular weight excluding hydrogens is 511 g/mol. The number of likely N-dealkylation sites (tertiary alicyclic amines) is 1. The summed E-state index contributed by atoms with van der Waals surface area (Å²) in [6, 6.07) is 21.5. The minimum absolute atomic E-state index is 0.123. The molecule has 1 aromatic heterocycles. The van der Waals surface area contributed by atoms with Gasteiger partial charge in [0.25, 0.3) is 0 Å². The number of piperidine rings is 1. The number of hydrogen-bond donors (Lipinski definition) is 1. The third kappa shape index (κ3) is 6.51. The second kappa shape index (κ2) is 12.3. The average Bonchev–Trinajstić information content (AvgIpc) is 2.96. The number of rotatable bonds is 10. The zero-order valence-electron chi connectivity index (χ0n) is 22.5. The number of fused-ring (bicyclic) bond motifs is 1. The minimum atomic E-state index is -0.486. The van der Waals surface area contributed by atoms with Crippen LogP contribution < -0.4 is 20.8 Å². The molecule has 208 valence electrons. The van der Waals surface area contributed by atoms with Gasteiger partial charge in [-0.05, 0) is 68.2 Å². The Bertz CT molecular complexity index is 1530. The number of hydrogen-bond acceptors (Lipinski definition) is 6. The first-order chi connectivity index (χ1) is 19.4. The molecule has 4 aromatic rings. The fraction of sp³-hybridized carbons (Fsp3) is 0.312. The smallest absolute Gasteiger partial charge is 0.340 e. The molecule has 40 heavy (non-hydrogen) atoms. The van der Waals surface area contributed by atoms with Gasteiger partial charge < -0.3 is 19.6 Å². The van der Waals surface area contributed by atoms with Gasteiger partial charge in [-0.2, -0.15) is 0 Å². The Kier molecular flexibility index (Phi) is 8.45. The van der Waals surface area contributed by atoms with Crippen LogP contribution in [0.4, 0.5) is 4.39 Å². The second-order valence-electron chi connectivity index (χ2n) is 10.3. The molecule has 0 spiro atoms. The van der Waals surface area contributed by atoms with E-state index in [1.165, 1.54) is 6.07 Å². The third-order valence-corrected chi connectivity index (χ3v) is 7.50. The van der Waals surface area contributed by atoms with Crippen LogP contribution in [-0.4, -0.2) is 43.2 Å². The number of para-hydroxylation sites is 1. The SMILES string of the molecule is Cc1c(Cc2ccccc2)c(=O)oc2cc(OCC(CN3CCC(C(N)=O)CC3)Oc3ccccc3F)ccc12. The molecule has 3 aromatic carbocycles. The largest absolute Gasteiger partial charge is 0.490 e. The van der Waals surface area contributed by atoms with Crippen LogP contribution in [0.3, 0.4) is 0 Å². The summed E-state index contributed by atoms with van der Waals surface area (Å²) in [4.78, 5) is 26.6. The molecule has 2 N–H and O–H groups in total. The van der Waals surface area contributed by atoms with Crippen molar-refractivity contribution in [3.8, 4) is 11.5 Å². The summed E-state index contributed by atoms with van der Waals surface area (Å²) >= 11 is 0. The predicted molar refractivity (Wildman–Crippen MR) is 151 cm³/mol. The topological polar surface area (TPSA) is 95.0 Å². The van der Waals surface area contributed by atoms with Crippen LogP contribution in [0, 0.1) is 18.7 Å². The highest BCUT2D eigenvalue weighted by atomic mass is 19.1. The fourth-order valence-electron chi connectivity index (χ4n) is 5.19. The molecule has 1 aliphatic heterocycles. The fourth-order valence-corrected chi connectivity index (χ4v) is 5.19. The first kappa shape index (κ1) is 27.4. The number of aryl methyl sites for hydroxylation is 1. The van der Waals surface area contributed by atoms with Gasteiger partial charge >= 0.3 is 5.63 Å². The Balaban J connectivity index is 1.31. The van der Waals surface area contributed by atoms with E-state index in [-0.39, 0.29) is 29.8 Å². The summed E-state index contributed by atoms with van der Waals surface area (Å²) in [5.41, 5.74) is 8.09. The summed E-state index contributed by atoms with van der Waals surface area (Å²) in [7, 11) is 0. The van der Waals surface area contributed by atoms with Crippen molar-refractivity contribution >= 4 is 16.9 Å². The number of ether oxygens (including phenoxy) is 2. The van der Waals surface area contributed by atoms with Crippen molar-refractivity contribution in [2.24, 2.45) is 11.7 Å². The molecule has 0 bridgehead atoms. The van der Waals surface area contributed by atoms with E-state index < -0.39 is 11.9 Å². The van der Waals surface area contributed by atoms with Crippen molar-refractivity contribution in [3.05, 3.63) is 106 Å². The van der Waals surface area contributed by atoms with Crippen LogP contribution in [0.1, 0.15) is 29.5 Å². The van der Waals surface area contributed by atoms with Crippen molar-refractivity contribution in [3.63, 3.8) is 0 Å². The van der Waals surface area contributed by atoms with Crippen molar-refractivity contribution < 1.29 is 23.1 Å². The van der Waals surface area contributed by atoms with Crippen molar-refractivity contribution in [2.45, 2.75) is 32.3 Å². The lowest BCUT2D eigenvalue weighted by molar-refractivity contribution is -0.123. The molecule has 0 aliphatic carbocycles. The molecule has 8 heteroatoms. The predicted octanol–water partition coefficient (Wildman–Crippen LogP) is 4.86. The first-order valence-corrected chi connectivity index (χ1v) is 13.5. The summed E-state index contributed by atoms with van der Waals surface area (Å²) in [6.45, 7) is 3.94. The van der Waals surface area contributed by atoms with Crippen molar-refractivity contribution in [1.29, 1.82) is 0 Å². The van der Waals surface area contributed by atoms with Gasteiger partial charge in [-0.1, -0.05) is 42.5 Å². The maximum Gasteiger partial charge on any atom is 0.340 e. The molecule has 1 saturated heterocycles. The van der Waals surface area contributed by atoms with Gasteiger partial charge in [0, 0.05) is 35.9 Å². The Hall–Kier alpha value is -4.17. The van der Waals surface area contributed by atoms with Gasteiger partial charge in [0.15, 0.2) is 11.6 Å². The molecule has 2 heterocycles. The number of nitrogens with zero attached hydrogens (tertiary/aromatic N) is 1. The monoisotopic (exact) mass is 544 g/mol. The maximum absolute atomic E-state index is 14.4. The highest BCUT2D eigenvalue weighted by Gasteiger charge is 2.26. The molecule has 0 radical (unpaired) electrons. The third-order valence-electron chi connectivity index (χ3n) is 7.50. The first-order valence-electron chi connectivity index (χ1n) is 13.5. The Morgan fingerprint density at radius 1 is 1.07 bits per heavy atom. The second-order valence-corrected chi connectivity index (χ2v) is 10.3. The van der Waals surface area contributed by atoms with Crippen LogP contribution in [0.15, 0.2) is 82.0 Å². The minimum Gasteiger partial charge on any atom is -0.490 e. The van der Waals surface area contributed by atoms with Crippen LogP contribution >= 0.6 is 0 Å². The van der Waals surface area contributed by atoms with Gasteiger partial charge in [-0.25, -0.2) is 9.18 Å². The lowest BCUT2D eigenvalue weighted by atomic mass is 9.96. The Morgan fingerprint density at radius 3 is 2.52 bits per heavy atom. The van der Waals surface area contributed by atoms with E-state index in [9.17, 15) is 14.0 Å². The standard InChI is InChI=1S/C32H33FN2O5/c1-21-26-12-11-24(18-30(26)40-32(37)27(21)17-22-7-3-2-4-8-22)38-20-25(39-29-10-6-5-9-28(29)33)19-35-15-13-23(14-16-35)31(34)36/h2-12,18,23,25H,13-17,19-20H2,1H3,(H2,34,36). The van der Waals surface area contributed by atoms with Crippen molar-refractivity contribution in [1.82, 2.24) is 4.90 Å². The van der Waals surface area contributed by atoms with E-state index in [0.29, 0.717) is 55.8 Å². The molecule has 1 fully saturated rings. The number of primary amides is 1. The van der Waals surface area contributed by atoms with Gasteiger partial charge in [0.1, 0.15) is 24.0 Å². The van der Waals surface area contributed by atoms with Crippen LogP contribution in [-0.2, 0) is 11.2 Å². The van der Waals surface area contributed by atoms with E-state index >= 15 is 0 Å². The van der Waals surface area contributed by atoms with Gasteiger partial charge in [-0.3, -0.25) is 9.69 Å². The van der Waals surface area contributed by atoms with Crippen LogP contribution in [0.25, 0.3) is 11.0 Å². The summed E-state index contributed by atoms with van der Waals surface area (Å²) in [6.07, 6.45) is 1.37. The highest BCUT2D eigenvalue weighted by molar-refractivity contribution is 5.82. The number of amides is 1. The molecule has 5 rings (SSSR count). The highest BCUT2D eigenvalue weighted by Crippen LogP contribution is 2.26. The Labute approximate surface area is 232 Å². The Morgan fingerprint density at radius 2 is 1.80 bits per heavy atom. The van der Waals surface area contributed by atoms with Crippen molar-refractivity contribution in [2.75, 3.05) is 26.2 Å². The molecule has 0 saturated carbocycles. The lowest BCUT2D eigenvalue weighted by Gasteiger charge is -2.33. The van der Waals surface area contributed by atoms with E-state index in [1.54, 1.807) is 24.3 Å². The lowest BCUT2D eigenvalue weighted by Crippen LogP contribution is -2.44. The number of halogens is 1. The van der Waals surface area contributed by atoms with Gasteiger partial charge in [-0.15, -0.1) is 0 Å². The molecule has 1 unspecified atom stereocenters. The molecule has 7 nitrogen and oxygen atoms in total. The van der Waals surface area contributed by atoms with Gasteiger partial charge in [0.05, 0.1) is 0 Å². The summed E-state index contributed by atoms with van der Waals surface area (Å²) in [5, 5.41) is 0.842. The quantitative estimate of drug-likeness (QED) is 0.287. The van der Waals surface area contributed by atoms with E-state index in [0.717, 1.165) is 16.5 Å². The molecular formula is C32H33FN2O5. The number of carbonyl (C=O) groups excluding carboxylic acids is 1. The molecule has 1 atom stereocenters. The number of carbonyl (C=O) groups is 1. The normalized spacial score (nSPS) is 15.2. The van der Waals surface area contributed by atoms with Gasteiger partial charge in [0.2, 0.25) is 5.91 Å².